The van der Waals surface area contributed by atoms with Gasteiger partial charge < -0.3 is 0 Å². The third-order valence-corrected chi connectivity index (χ3v) is 6.43. The van der Waals surface area contributed by atoms with Crippen molar-refractivity contribution in [3.63, 3.8) is 0 Å². The molecule has 1 aromatic rings. The molecule has 0 heterocycles. The van der Waals surface area contributed by atoms with E-state index in [0.717, 1.165) is 11.5 Å². The highest BCUT2D eigenvalue weighted by molar-refractivity contribution is 7.98. The highest BCUT2D eigenvalue weighted by Gasteiger charge is 2.29. The maximum Gasteiger partial charge on any atom is 0.0187 e. The van der Waals surface area contributed by atoms with Crippen molar-refractivity contribution in [3.05, 3.63) is 35.4 Å². The largest absolute Gasteiger partial charge is 0.179 e. The summed E-state index contributed by atoms with van der Waals surface area (Å²) >= 11 is 6.78. The Morgan fingerprint density at radius 2 is 1.79 bits per heavy atom. The summed E-state index contributed by atoms with van der Waals surface area (Å²) in [5.41, 5.74) is 3.43. The van der Waals surface area contributed by atoms with Crippen LogP contribution in [0.25, 0.3) is 0 Å². The number of hydrogen-bond donors (Lipinski definition) is 1. The normalized spacial score (nSPS) is 19.1. The molecule has 1 aliphatic rings. The van der Waals surface area contributed by atoms with Crippen molar-refractivity contribution in [1.29, 1.82) is 0 Å². The monoisotopic (exact) mass is 294 g/mol. The fraction of sp³-hybridized carbons (Fsp3) is 0.647. The minimum Gasteiger partial charge on any atom is -0.179 e. The summed E-state index contributed by atoms with van der Waals surface area (Å²) in [5, 5.41) is 0. The zero-order chi connectivity index (χ0) is 13.6. The van der Waals surface area contributed by atoms with Crippen LogP contribution in [0.3, 0.4) is 0 Å². The Morgan fingerprint density at radius 1 is 1.11 bits per heavy atom. The average molecular weight is 295 g/mol. The first-order valence-corrected chi connectivity index (χ1v) is 9.28. The van der Waals surface area contributed by atoms with Crippen LogP contribution in [-0.4, -0.2) is 11.5 Å². The van der Waals surface area contributed by atoms with Gasteiger partial charge in [-0.2, -0.15) is 24.4 Å². The molecule has 0 radical (unpaired) electrons. The van der Waals surface area contributed by atoms with E-state index in [1.165, 1.54) is 55.4 Å². The third kappa shape index (κ3) is 4.46. The molecule has 0 unspecified atom stereocenters. The van der Waals surface area contributed by atoms with E-state index in [4.69, 9.17) is 0 Å². The smallest absolute Gasteiger partial charge is 0.0187 e. The lowest BCUT2D eigenvalue weighted by Crippen LogP contribution is -2.25. The van der Waals surface area contributed by atoms with Crippen molar-refractivity contribution in [2.45, 2.75) is 51.2 Å². The number of aryl methyl sites for hydroxylation is 1. The molecule has 0 nitrogen and oxygen atoms in total. The Bertz CT molecular complexity index is 379. The van der Waals surface area contributed by atoms with Crippen LogP contribution in [0.1, 0.15) is 49.7 Å². The van der Waals surface area contributed by atoms with Gasteiger partial charge in [0.15, 0.2) is 0 Å². The second kappa shape index (κ2) is 7.64. The van der Waals surface area contributed by atoms with E-state index in [1.54, 1.807) is 0 Å². The van der Waals surface area contributed by atoms with Crippen molar-refractivity contribution in [2.75, 3.05) is 11.5 Å². The predicted molar refractivity (Wildman–Crippen MR) is 91.3 cm³/mol. The van der Waals surface area contributed by atoms with Gasteiger partial charge in [-0.25, -0.2) is 0 Å². The summed E-state index contributed by atoms with van der Waals surface area (Å²) in [7, 11) is 0. The molecule has 0 aliphatic heterocycles. The molecule has 0 bridgehead atoms. The molecule has 1 aliphatic carbocycles. The molecule has 106 valence electrons. The topological polar surface area (TPSA) is 0 Å². The van der Waals surface area contributed by atoms with Crippen LogP contribution in [0.2, 0.25) is 0 Å². The molecule has 0 amide bonds. The lowest BCUT2D eigenvalue weighted by Gasteiger charge is -2.31. The number of benzene rings is 1. The van der Waals surface area contributed by atoms with Crippen molar-refractivity contribution in [3.8, 4) is 0 Å². The Morgan fingerprint density at radius 3 is 2.42 bits per heavy atom. The molecule has 1 aromatic carbocycles. The van der Waals surface area contributed by atoms with Gasteiger partial charge in [0.1, 0.15) is 0 Å². The summed E-state index contributed by atoms with van der Waals surface area (Å²) in [6, 6.07) is 8.77. The fourth-order valence-corrected chi connectivity index (χ4v) is 5.03. The lowest BCUT2D eigenvalue weighted by molar-refractivity contribution is 0.332. The second-order valence-electron chi connectivity index (χ2n) is 5.99. The molecule has 2 heteroatoms. The van der Waals surface area contributed by atoms with E-state index in [0.29, 0.717) is 5.41 Å². The first-order valence-electron chi connectivity index (χ1n) is 7.49. The van der Waals surface area contributed by atoms with E-state index in [2.05, 4.69) is 55.6 Å². The van der Waals surface area contributed by atoms with Crippen LogP contribution >= 0.6 is 24.4 Å². The molecule has 0 N–H and O–H groups in total. The van der Waals surface area contributed by atoms with Gasteiger partial charge >= 0.3 is 0 Å². The second-order valence-corrected chi connectivity index (χ2v) is 7.29. The van der Waals surface area contributed by atoms with Crippen LogP contribution in [-0.2, 0) is 5.75 Å². The maximum absolute atomic E-state index is 4.66. The molecule has 2 rings (SSSR count). The molecule has 0 atom stereocenters. The summed E-state index contributed by atoms with van der Waals surface area (Å²) in [4.78, 5) is 0. The fourth-order valence-electron chi connectivity index (χ4n) is 2.98. The first kappa shape index (κ1) is 15.3. The van der Waals surface area contributed by atoms with E-state index < -0.39 is 0 Å². The Hall–Kier alpha value is -0.0800. The molecule has 1 fully saturated rings. The summed E-state index contributed by atoms with van der Waals surface area (Å²) < 4.78 is 0. The highest BCUT2D eigenvalue weighted by atomic mass is 32.2. The highest BCUT2D eigenvalue weighted by Crippen LogP contribution is 2.39. The standard InChI is InChI=1S/C17H26S2/c1-15-8-4-5-9-16(15)12-19-14-17(13-18)10-6-2-3-7-11-17/h4-5,8-9,18H,2-3,6-7,10-14H2,1H3. The molecule has 1 saturated carbocycles. The number of thioether (sulfide) groups is 1. The molecule has 19 heavy (non-hydrogen) atoms. The van der Waals surface area contributed by atoms with Crippen molar-refractivity contribution in [1.82, 2.24) is 0 Å². The van der Waals surface area contributed by atoms with Crippen LogP contribution in [0.15, 0.2) is 24.3 Å². The van der Waals surface area contributed by atoms with Gasteiger partial charge in [-0.1, -0.05) is 49.9 Å². The zero-order valence-electron chi connectivity index (χ0n) is 12.0. The van der Waals surface area contributed by atoms with Crippen LogP contribution in [0.4, 0.5) is 0 Å². The number of hydrogen-bond acceptors (Lipinski definition) is 2. The van der Waals surface area contributed by atoms with Crippen molar-refractivity contribution >= 4 is 24.4 Å². The quantitative estimate of drug-likeness (QED) is 0.553. The lowest BCUT2D eigenvalue weighted by atomic mass is 9.84. The summed E-state index contributed by atoms with van der Waals surface area (Å²) in [6.45, 7) is 2.22. The van der Waals surface area contributed by atoms with E-state index in [-0.39, 0.29) is 0 Å². The molecule has 0 aromatic heterocycles. The minimum absolute atomic E-state index is 0.507. The van der Waals surface area contributed by atoms with Gasteiger partial charge in [0.25, 0.3) is 0 Å². The molecule has 0 saturated heterocycles. The van der Waals surface area contributed by atoms with E-state index in [1.807, 2.05) is 0 Å². The van der Waals surface area contributed by atoms with Gasteiger partial charge in [0.2, 0.25) is 0 Å². The number of thiol groups is 1. The minimum atomic E-state index is 0.507. The van der Waals surface area contributed by atoms with Crippen LogP contribution in [0.5, 0.6) is 0 Å². The maximum atomic E-state index is 4.66. The average Bonchev–Trinajstić information content (AvgIpc) is 2.67. The predicted octanol–water partition coefficient (Wildman–Crippen LogP) is 5.50. The van der Waals surface area contributed by atoms with E-state index >= 15 is 0 Å². The Balaban J connectivity index is 1.87. The van der Waals surface area contributed by atoms with Crippen LogP contribution in [0, 0.1) is 12.3 Å². The van der Waals surface area contributed by atoms with E-state index in [9.17, 15) is 0 Å². The van der Waals surface area contributed by atoms with Crippen LogP contribution < -0.4 is 0 Å². The summed E-state index contributed by atoms with van der Waals surface area (Å²) in [6.07, 6.45) is 8.45. The number of rotatable bonds is 5. The Labute approximate surface area is 128 Å². The van der Waals surface area contributed by atoms with Gasteiger partial charge in [-0.15, -0.1) is 0 Å². The van der Waals surface area contributed by atoms with Gasteiger partial charge in [0, 0.05) is 11.5 Å². The van der Waals surface area contributed by atoms with Gasteiger partial charge in [-0.05, 0) is 42.1 Å². The van der Waals surface area contributed by atoms with Crippen molar-refractivity contribution < 1.29 is 0 Å². The SMILES string of the molecule is Cc1ccccc1CSCC1(CS)CCCCCC1. The Kier molecular flexibility index (Phi) is 6.15. The third-order valence-electron chi connectivity index (χ3n) is 4.43. The first-order chi connectivity index (χ1) is 9.26. The van der Waals surface area contributed by atoms with Gasteiger partial charge in [-0.3, -0.25) is 0 Å². The molecular formula is C17H26S2. The van der Waals surface area contributed by atoms with Gasteiger partial charge in [0.05, 0.1) is 0 Å². The molecule has 0 spiro atoms. The molecular weight excluding hydrogens is 268 g/mol. The zero-order valence-corrected chi connectivity index (χ0v) is 13.7. The van der Waals surface area contributed by atoms with Crippen molar-refractivity contribution in [2.24, 2.45) is 5.41 Å². The summed E-state index contributed by atoms with van der Waals surface area (Å²) in [5.74, 6) is 3.50.